The standard InChI is InChI=1S/C12H17N5O4/c1-2-20-4-6-3-7(18)11(21-6)17-5-14-8-9(17)15-12(13)16-10(8)19/h5-7,11,18H,2-4H2,1H3,(H3,13,15,16,19)/t6-,7+,11?/m0/s1. The number of imidazole rings is 1. The largest absolute Gasteiger partial charge is 0.388 e. The number of fused-ring (bicyclic) bond motifs is 1. The van der Waals surface area contributed by atoms with Gasteiger partial charge in [0.15, 0.2) is 17.4 Å². The maximum absolute atomic E-state index is 11.7. The van der Waals surface area contributed by atoms with E-state index in [-0.39, 0.29) is 23.2 Å². The van der Waals surface area contributed by atoms with E-state index in [1.54, 1.807) is 0 Å². The molecule has 1 aliphatic heterocycles. The number of nitrogens with zero attached hydrogens (tertiary/aromatic N) is 3. The predicted molar refractivity (Wildman–Crippen MR) is 73.6 cm³/mol. The Bertz CT molecular complexity index is 697. The van der Waals surface area contributed by atoms with Gasteiger partial charge in [0.25, 0.3) is 5.56 Å². The van der Waals surface area contributed by atoms with Crippen LogP contribution < -0.4 is 11.3 Å². The molecule has 4 N–H and O–H groups in total. The molecular weight excluding hydrogens is 278 g/mol. The number of aromatic nitrogens is 4. The van der Waals surface area contributed by atoms with Gasteiger partial charge < -0.3 is 20.3 Å². The highest BCUT2D eigenvalue weighted by atomic mass is 16.6. The Kier molecular flexibility index (Phi) is 3.62. The lowest BCUT2D eigenvalue weighted by Crippen LogP contribution is -2.20. The van der Waals surface area contributed by atoms with Crippen LogP contribution in [0.4, 0.5) is 5.95 Å². The molecule has 9 heteroatoms. The first-order chi connectivity index (χ1) is 10.1. The van der Waals surface area contributed by atoms with Crippen LogP contribution in [0, 0.1) is 0 Å². The van der Waals surface area contributed by atoms with Gasteiger partial charge in [-0.1, -0.05) is 0 Å². The van der Waals surface area contributed by atoms with Gasteiger partial charge in [0, 0.05) is 13.0 Å². The monoisotopic (exact) mass is 295 g/mol. The van der Waals surface area contributed by atoms with Crippen LogP contribution in [-0.2, 0) is 9.47 Å². The van der Waals surface area contributed by atoms with Crippen molar-refractivity contribution >= 4 is 17.1 Å². The summed E-state index contributed by atoms with van der Waals surface area (Å²) in [7, 11) is 0. The number of nitrogens with two attached hydrogens (primary N) is 1. The molecule has 2 aromatic heterocycles. The van der Waals surface area contributed by atoms with Gasteiger partial charge in [0.2, 0.25) is 5.95 Å². The first-order valence-electron chi connectivity index (χ1n) is 6.73. The molecule has 0 aromatic carbocycles. The molecule has 0 bridgehead atoms. The van der Waals surface area contributed by atoms with Crippen LogP contribution in [0.15, 0.2) is 11.1 Å². The van der Waals surface area contributed by atoms with E-state index in [2.05, 4.69) is 15.0 Å². The third-order valence-electron chi connectivity index (χ3n) is 3.40. The quantitative estimate of drug-likeness (QED) is 0.686. The number of rotatable bonds is 4. The molecule has 21 heavy (non-hydrogen) atoms. The molecule has 1 fully saturated rings. The second-order valence-corrected chi connectivity index (χ2v) is 4.89. The van der Waals surface area contributed by atoms with Crippen molar-refractivity contribution in [2.75, 3.05) is 18.9 Å². The van der Waals surface area contributed by atoms with Crippen LogP contribution in [0.5, 0.6) is 0 Å². The Morgan fingerprint density at radius 2 is 2.48 bits per heavy atom. The number of nitrogen functional groups attached to an aromatic ring is 1. The first-order valence-corrected chi connectivity index (χ1v) is 6.73. The minimum atomic E-state index is -0.727. The molecule has 0 spiro atoms. The molecule has 0 amide bonds. The van der Waals surface area contributed by atoms with Crippen LogP contribution in [0.2, 0.25) is 0 Å². The van der Waals surface area contributed by atoms with E-state index in [1.165, 1.54) is 10.9 Å². The third-order valence-corrected chi connectivity index (χ3v) is 3.40. The molecule has 3 atom stereocenters. The third kappa shape index (κ3) is 2.50. The number of hydrogen-bond acceptors (Lipinski definition) is 7. The van der Waals surface area contributed by atoms with Crippen molar-refractivity contribution in [2.24, 2.45) is 0 Å². The van der Waals surface area contributed by atoms with Crippen molar-refractivity contribution in [1.82, 2.24) is 19.5 Å². The van der Waals surface area contributed by atoms with Crippen molar-refractivity contribution in [3.63, 3.8) is 0 Å². The summed E-state index contributed by atoms with van der Waals surface area (Å²) >= 11 is 0. The highest BCUT2D eigenvalue weighted by Crippen LogP contribution is 2.30. The molecular formula is C12H17N5O4. The number of hydrogen-bond donors (Lipinski definition) is 3. The number of aromatic amines is 1. The van der Waals surface area contributed by atoms with Gasteiger partial charge in [0.05, 0.1) is 19.0 Å². The maximum Gasteiger partial charge on any atom is 0.280 e. The fraction of sp³-hybridized carbons (Fsp3) is 0.583. The van der Waals surface area contributed by atoms with Crippen molar-refractivity contribution < 1.29 is 14.6 Å². The van der Waals surface area contributed by atoms with Gasteiger partial charge in [-0.15, -0.1) is 0 Å². The SMILES string of the molecule is CCOC[C@@H]1C[C@@H](O)C(n2cnc3c(=O)[nH]c(N)nc32)O1. The zero-order chi connectivity index (χ0) is 15.0. The minimum absolute atomic E-state index is 0.00685. The summed E-state index contributed by atoms with van der Waals surface area (Å²) < 4.78 is 12.6. The molecule has 114 valence electrons. The van der Waals surface area contributed by atoms with E-state index >= 15 is 0 Å². The summed E-state index contributed by atoms with van der Waals surface area (Å²) in [5.74, 6) is -0.00685. The van der Waals surface area contributed by atoms with Crippen LogP contribution in [0.1, 0.15) is 19.6 Å². The van der Waals surface area contributed by atoms with Crippen LogP contribution in [-0.4, -0.2) is 50.0 Å². The highest BCUT2D eigenvalue weighted by Gasteiger charge is 2.36. The summed E-state index contributed by atoms with van der Waals surface area (Å²) in [4.78, 5) is 22.2. The lowest BCUT2D eigenvalue weighted by atomic mass is 10.2. The van der Waals surface area contributed by atoms with E-state index in [9.17, 15) is 9.90 Å². The number of nitrogens with one attached hydrogen (secondary N) is 1. The summed E-state index contributed by atoms with van der Waals surface area (Å²) in [6.07, 6.45) is 0.276. The second kappa shape index (κ2) is 5.43. The fourth-order valence-corrected chi connectivity index (χ4v) is 2.47. The minimum Gasteiger partial charge on any atom is -0.388 e. The Labute approximate surface area is 119 Å². The molecule has 3 rings (SSSR count). The predicted octanol–water partition coefficient (Wildman–Crippen LogP) is -0.613. The molecule has 1 saturated heterocycles. The number of aliphatic hydroxyl groups excluding tert-OH is 1. The summed E-state index contributed by atoms with van der Waals surface area (Å²) in [5, 5.41) is 10.2. The van der Waals surface area contributed by atoms with Crippen LogP contribution in [0.25, 0.3) is 11.2 Å². The van der Waals surface area contributed by atoms with Crippen LogP contribution >= 0.6 is 0 Å². The van der Waals surface area contributed by atoms with E-state index in [0.29, 0.717) is 19.6 Å². The normalized spacial score (nSPS) is 25.7. The molecule has 3 heterocycles. The Morgan fingerprint density at radius 1 is 1.67 bits per heavy atom. The maximum atomic E-state index is 11.7. The molecule has 0 saturated carbocycles. The van der Waals surface area contributed by atoms with Gasteiger partial charge in [-0.05, 0) is 6.92 Å². The zero-order valence-electron chi connectivity index (χ0n) is 11.5. The average Bonchev–Trinajstić information content (AvgIpc) is 3.00. The molecule has 1 aliphatic rings. The van der Waals surface area contributed by atoms with Gasteiger partial charge in [0.1, 0.15) is 6.10 Å². The van der Waals surface area contributed by atoms with Crippen molar-refractivity contribution in [1.29, 1.82) is 0 Å². The van der Waals surface area contributed by atoms with Gasteiger partial charge in [-0.25, -0.2) is 4.98 Å². The Morgan fingerprint density at radius 3 is 3.24 bits per heavy atom. The Hall–Kier alpha value is -1.97. The topological polar surface area (TPSA) is 128 Å². The molecule has 0 aliphatic carbocycles. The van der Waals surface area contributed by atoms with Crippen molar-refractivity contribution in [2.45, 2.75) is 31.8 Å². The van der Waals surface area contributed by atoms with Crippen molar-refractivity contribution in [3.05, 3.63) is 16.7 Å². The Balaban J connectivity index is 1.92. The van der Waals surface area contributed by atoms with Crippen molar-refractivity contribution in [3.8, 4) is 0 Å². The number of ether oxygens (including phenoxy) is 2. The number of aliphatic hydroxyl groups is 1. The molecule has 0 radical (unpaired) electrons. The number of H-pyrrole nitrogens is 1. The summed E-state index contributed by atoms with van der Waals surface area (Å²) in [5.41, 5.74) is 5.58. The smallest absolute Gasteiger partial charge is 0.280 e. The molecule has 2 aromatic rings. The van der Waals surface area contributed by atoms with E-state index < -0.39 is 17.9 Å². The van der Waals surface area contributed by atoms with E-state index in [0.717, 1.165) is 0 Å². The summed E-state index contributed by atoms with van der Waals surface area (Å²) in [6, 6.07) is 0. The van der Waals surface area contributed by atoms with E-state index in [1.807, 2.05) is 6.92 Å². The van der Waals surface area contributed by atoms with Gasteiger partial charge in [-0.3, -0.25) is 14.3 Å². The van der Waals surface area contributed by atoms with Gasteiger partial charge >= 0.3 is 0 Å². The molecule has 1 unspecified atom stereocenters. The summed E-state index contributed by atoms with van der Waals surface area (Å²) in [6.45, 7) is 2.89. The molecule has 9 nitrogen and oxygen atoms in total. The fourth-order valence-electron chi connectivity index (χ4n) is 2.47. The average molecular weight is 295 g/mol. The van der Waals surface area contributed by atoms with Gasteiger partial charge in [-0.2, -0.15) is 4.98 Å². The number of anilines is 1. The first kappa shape index (κ1) is 14.0. The van der Waals surface area contributed by atoms with Crippen LogP contribution in [0.3, 0.4) is 0 Å². The lowest BCUT2D eigenvalue weighted by Gasteiger charge is -2.16. The highest BCUT2D eigenvalue weighted by molar-refractivity contribution is 5.70. The second-order valence-electron chi connectivity index (χ2n) is 4.89. The van der Waals surface area contributed by atoms with E-state index in [4.69, 9.17) is 15.2 Å². The zero-order valence-corrected chi connectivity index (χ0v) is 11.5. The lowest BCUT2D eigenvalue weighted by molar-refractivity contribution is -0.0587.